The summed E-state index contributed by atoms with van der Waals surface area (Å²) in [5.74, 6) is 1.61. The largest absolute Gasteiger partial charge is 0.394 e. The Morgan fingerprint density at radius 3 is 2.40 bits per heavy atom. The summed E-state index contributed by atoms with van der Waals surface area (Å²) in [5.41, 5.74) is 0. The van der Waals surface area contributed by atoms with E-state index in [-0.39, 0.29) is 10.7 Å². The zero-order valence-electron chi connectivity index (χ0n) is 16.0. The molecule has 0 spiro atoms. The zero-order valence-corrected chi connectivity index (χ0v) is 17.7. The van der Waals surface area contributed by atoms with Crippen LogP contribution in [0.3, 0.4) is 0 Å². The Balaban J connectivity index is 1.93. The first-order valence-electron chi connectivity index (χ1n) is 9.84. The molecule has 6 heteroatoms. The van der Waals surface area contributed by atoms with Gasteiger partial charge in [-0.25, -0.2) is 0 Å². The van der Waals surface area contributed by atoms with E-state index in [2.05, 4.69) is 6.92 Å². The number of unbranched alkanes of at least 4 members (excludes halogenated alkanes) is 4. The highest BCUT2D eigenvalue weighted by atomic mass is 32.2. The van der Waals surface area contributed by atoms with Gasteiger partial charge in [0.15, 0.2) is 5.79 Å². The summed E-state index contributed by atoms with van der Waals surface area (Å²) in [6.45, 7) is 5.81. The van der Waals surface area contributed by atoms with Crippen LogP contribution < -0.4 is 0 Å². The molecule has 148 valence electrons. The Hall–Kier alpha value is 0.540. The number of thioether (sulfide) groups is 2. The van der Waals surface area contributed by atoms with E-state index in [1.54, 1.807) is 0 Å². The lowest BCUT2D eigenvalue weighted by atomic mass is 10.00. The molecule has 0 aromatic heterocycles. The van der Waals surface area contributed by atoms with Gasteiger partial charge in [-0.05, 0) is 44.6 Å². The molecule has 4 nitrogen and oxygen atoms in total. The quantitative estimate of drug-likeness (QED) is 0.544. The van der Waals surface area contributed by atoms with Crippen molar-refractivity contribution in [1.82, 2.24) is 0 Å². The fourth-order valence-electron chi connectivity index (χ4n) is 3.74. The SMILES string of the molecule is CCCCCCCC1(C[C@H](O)[C@@H]2OC(C)(C)O[C@H]2CO)SCCCS1. The number of aliphatic hydroxyl groups is 2. The monoisotopic (exact) mass is 392 g/mol. The molecule has 0 bridgehead atoms. The Morgan fingerprint density at radius 2 is 1.76 bits per heavy atom. The van der Waals surface area contributed by atoms with Crippen molar-refractivity contribution in [3.8, 4) is 0 Å². The van der Waals surface area contributed by atoms with Crippen LogP contribution in [-0.4, -0.2) is 56.5 Å². The second-order valence-electron chi connectivity index (χ2n) is 7.72. The minimum absolute atomic E-state index is 0.0833. The Labute approximate surface area is 161 Å². The molecule has 0 amide bonds. The van der Waals surface area contributed by atoms with Gasteiger partial charge in [0.1, 0.15) is 12.2 Å². The average molecular weight is 393 g/mol. The molecule has 2 heterocycles. The topological polar surface area (TPSA) is 58.9 Å². The third-order valence-corrected chi connectivity index (χ3v) is 8.47. The first-order valence-corrected chi connectivity index (χ1v) is 11.8. The van der Waals surface area contributed by atoms with E-state index in [9.17, 15) is 10.2 Å². The van der Waals surface area contributed by atoms with Crippen LogP contribution in [0.4, 0.5) is 0 Å². The van der Waals surface area contributed by atoms with Crippen molar-refractivity contribution >= 4 is 23.5 Å². The molecule has 2 fully saturated rings. The average Bonchev–Trinajstić information content (AvgIpc) is 2.91. The van der Waals surface area contributed by atoms with Crippen molar-refractivity contribution in [3.63, 3.8) is 0 Å². The van der Waals surface area contributed by atoms with Gasteiger partial charge < -0.3 is 19.7 Å². The minimum atomic E-state index is -0.737. The van der Waals surface area contributed by atoms with Crippen LogP contribution in [0, 0.1) is 0 Å². The number of ether oxygens (including phenoxy) is 2. The Morgan fingerprint density at radius 1 is 1.08 bits per heavy atom. The Kier molecular flexibility index (Phi) is 8.90. The van der Waals surface area contributed by atoms with E-state index in [0.717, 1.165) is 6.42 Å². The molecule has 2 aliphatic heterocycles. The first-order chi connectivity index (χ1) is 11.9. The molecule has 0 aromatic rings. The van der Waals surface area contributed by atoms with E-state index in [1.165, 1.54) is 50.0 Å². The maximum atomic E-state index is 10.9. The molecule has 0 radical (unpaired) electrons. The fourth-order valence-corrected chi connectivity index (χ4v) is 7.24. The van der Waals surface area contributed by atoms with Gasteiger partial charge >= 0.3 is 0 Å². The normalized spacial score (nSPS) is 29.6. The number of hydrogen-bond acceptors (Lipinski definition) is 6. The molecule has 0 unspecified atom stereocenters. The van der Waals surface area contributed by atoms with E-state index in [0.29, 0.717) is 6.42 Å². The lowest BCUT2D eigenvalue weighted by Crippen LogP contribution is -2.42. The van der Waals surface area contributed by atoms with Crippen molar-refractivity contribution in [3.05, 3.63) is 0 Å². The zero-order chi connectivity index (χ0) is 18.3. The van der Waals surface area contributed by atoms with Crippen LogP contribution >= 0.6 is 23.5 Å². The van der Waals surface area contributed by atoms with Gasteiger partial charge in [-0.15, -0.1) is 23.5 Å². The molecular formula is C19H36O4S2. The molecular weight excluding hydrogens is 356 g/mol. The third-order valence-electron chi connectivity index (χ3n) is 4.98. The molecule has 0 aromatic carbocycles. The molecule has 25 heavy (non-hydrogen) atoms. The summed E-state index contributed by atoms with van der Waals surface area (Å²) < 4.78 is 11.7. The highest BCUT2D eigenvalue weighted by Gasteiger charge is 2.47. The van der Waals surface area contributed by atoms with Crippen LogP contribution in [0.25, 0.3) is 0 Å². The van der Waals surface area contributed by atoms with Crippen LogP contribution in [0.15, 0.2) is 0 Å². The molecule has 0 aliphatic carbocycles. The molecule has 3 atom stereocenters. The van der Waals surface area contributed by atoms with Crippen LogP contribution in [0.2, 0.25) is 0 Å². The standard InChI is InChI=1S/C19H36O4S2/c1-4-5-6-7-8-10-19(24-11-9-12-25-19)13-15(21)17-16(14-20)22-18(2,3)23-17/h15-17,20-21H,4-14H2,1-3H3/t15-,16-,17-/m0/s1. The van der Waals surface area contributed by atoms with E-state index >= 15 is 0 Å². The maximum absolute atomic E-state index is 10.9. The summed E-state index contributed by atoms with van der Waals surface area (Å²) in [6.07, 6.45) is 8.01. The predicted molar refractivity (Wildman–Crippen MR) is 107 cm³/mol. The van der Waals surface area contributed by atoms with Gasteiger partial charge in [-0.3, -0.25) is 0 Å². The fraction of sp³-hybridized carbons (Fsp3) is 1.00. The van der Waals surface area contributed by atoms with Crippen molar-refractivity contribution in [2.45, 2.75) is 100 Å². The summed E-state index contributed by atoms with van der Waals surface area (Å²) in [5, 5.41) is 20.5. The van der Waals surface area contributed by atoms with Crippen molar-refractivity contribution in [2.24, 2.45) is 0 Å². The summed E-state index contributed by atoms with van der Waals surface area (Å²) in [6, 6.07) is 0. The molecule has 2 aliphatic rings. The summed E-state index contributed by atoms with van der Waals surface area (Å²) in [4.78, 5) is 0. The van der Waals surface area contributed by atoms with Crippen molar-refractivity contribution in [1.29, 1.82) is 0 Å². The van der Waals surface area contributed by atoms with Crippen LogP contribution in [0.1, 0.15) is 72.1 Å². The van der Waals surface area contributed by atoms with E-state index in [1.807, 2.05) is 37.4 Å². The van der Waals surface area contributed by atoms with Crippen LogP contribution in [0.5, 0.6) is 0 Å². The van der Waals surface area contributed by atoms with E-state index in [4.69, 9.17) is 9.47 Å². The second-order valence-corrected chi connectivity index (χ2v) is 10.9. The molecule has 2 N–H and O–H groups in total. The summed E-state index contributed by atoms with van der Waals surface area (Å²) in [7, 11) is 0. The lowest BCUT2D eigenvalue weighted by Gasteiger charge is -2.39. The highest BCUT2D eigenvalue weighted by Crippen LogP contribution is 2.50. The molecule has 2 rings (SSSR count). The van der Waals surface area contributed by atoms with Gasteiger partial charge in [0.05, 0.1) is 16.8 Å². The maximum Gasteiger partial charge on any atom is 0.164 e. The van der Waals surface area contributed by atoms with Gasteiger partial charge in [-0.2, -0.15) is 0 Å². The first kappa shape index (κ1) is 21.8. The molecule has 2 saturated heterocycles. The number of rotatable bonds is 10. The van der Waals surface area contributed by atoms with Crippen LogP contribution in [-0.2, 0) is 9.47 Å². The van der Waals surface area contributed by atoms with Crippen molar-refractivity contribution in [2.75, 3.05) is 18.1 Å². The van der Waals surface area contributed by atoms with E-state index < -0.39 is 24.1 Å². The number of hydrogen-bond donors (Lipinski definition) is 2. The third kappa shape index (κ3) is 6.58. The van der Waals surface area contributed by atoms with Crippen molar-refractivity contribution < 1.29 is 19.7 Å². The lowest BCUT2D eigenvalue weighted by molar-refractivity contribution is -0.157. The highest BCUT2D eigenvalue weighted by molar-refractivity contribution is 8.18. The molecule has 0 saturated carbocycles. The number of aliphatic hydroxyl groups excluding tert-OH is 2. The second kappa shape index (κ2) is 10.2. The van der Waals surface area contributed by atoms with Gasteiger partial charge in [-0.1, -0.05) is 39.0 Å². The van der Waals surface area contributed by atoms with Gasteiger partial charge in [0.2, 0.25) is 0 Å². The van der Waals surface area contributed by atoms with Gasteiger partial charge in [0.25, 0.3) is 0 Å². The predicted octanol–water partition coefficient (Wildman–Crippen LogP) is 4.18. The Bertz CT molecular complexity index is 386. The summed E-state index contributed by atoms with van der Waals surface area (Å²) >= 11 is 4.03. The minimum Gasteiger partial charge on any atom is -0.394 e. The van der Waals surface area contributed by atoms with Gasteiger partial charge in [0, 0.05) is 0 Å². The smallest absolute Gasteiger partial charge is 0.164 e.